The molecule has 122 valence electrons. The van der Waals surface area contributed by atoms with Crippen molar-refractivity contribution in [2.24, 2.45) is 0 Å². The number of ether oxygens (including phenoxy) is 1. The Morgan fingerprint density at radius 2 is 2.09 bits per heavy atom. The molecule has 7 nitrogen and oxygen atoms in total. The van der Waals surface area contributed by atoms with Crippen LogP contribution < -0.4 is 10.1 Å². The molecular formula is C16H19N3O4. The molecule has 0 atom stereocenters. The van der Waals surface area contributed by atoms with Crippen LogP contribution in [0.25, 0.3) is 0 Å². The molecule has 3 rings (SSSR count). The summed E-state index contributed by atoms with van der Waals surface area (Å²) in [7, 11) is 1.60. The summed E-state index contributed by atoms with van der Waals surface area (Å²) >= 11 is 0. The number of hydrogen-bond donors (Lipinski definition) is 2. The molecule has 7 heteroatoms. The van der Waals surface area contributed by atoms with Gasteiger partial charge in [-0.3, -0.25) is 4.79 Å². The lowest BCUT2D eigenvalue weighted by Crippen LogP contribution is -2.55. The van der Waals surface area contributed by atoms with Gasteiger partial charge in [-0.15, -0.1) is 0 Å². The molecule has 1 aromatic heterocycles. The smallest absolute Gasteiger partial charge is 0.231 e. The Balaban J connectivity index is 1.77. The second-order valence-electron chi connectivity index (χ2n) is 5.85. The van der Waals surface area contributed by atoms with Crippen molar-refractivity contribution in [1.29, 1.82) is 0 Å². The maximum Gasteiger partial charge on any atom is 0.231 e. The molecule has 1 amide bonds. The predicted molar refractivity (Wildman–Crippen MR) is 80.8 cm³/mol. The number of nitrogens with zero attached hydrogens (tertiary/aromatic N) is 2. The largest absolute Gasteiger partial charge is 0.497 e. The van der Waals surface area contributed by atoms with E-state index in [2.05, 4.69) is 20.3 Å². The van der Waals surface area contributed by atoms with Crippen molar-refractivity contribution < 1.29 is 19.3 Å². The highest BCUT2D eigenvalue weighted by Crippen LogP contribution is 2.44. The number of benzene rings is 1. The van der Waals surface area contributed by atoms with Crippen LogP contribution in [-0.4, -0.2) is 34.5 Å². The number of amides is 1. The normalized spacial score (nSPS) is 23.2. The summed E-state index contributed by atoms with van der Waals surface area (Å²) in [4.78, 5) is 12.7. The molecule has 23 heavy (non-hydrogen) atoms. The van der Waals surface area contributed by atoms with Crippen LogP contribution >= 0.6 is 0 Å². The van der Waals surface area contributed by atoms with E-state index in [1.165, 1.54) is 0 Å². The second-order valence-corrected chi connectivity index (χ2v) is 5.85. The fourth-order valence-corrected chi connectivity index (χ4v) is 2.95. The minimum Gasteiger partial charge on any atom is -0.497 e. The number of aliphatic hydroxyl groups is 1. The van der Waals surface area contributed by atoms with Crippen molar-refractivity contribution in [3.63, 3.8) is 0 Å². The van der Waals surface area contributed by atoms with Gasteiger partial charge in [-0.25, -0.2) is 4.63 Å². The molecule has 0 radical (unpaired) electrons. The van der Waals surface area contributed by atoms with E-state index in [0.717, 1.165) is 11.3 Å². The van der Waals surface area contributed by atoms with Gasteiger partial charge in [0.1, 0.15) is 17.1 Å². The van der Waals surface area contributed by atoms with E-state index >= 15 is 0 Å². The van der Waals surface area contributed by atoms with Crippen LogP contribution in [0.3, 0.4) is 0 Å². The molecule has 1 aliphatic carbocycles. The fraction of sp³-hybridized carbons (Fsp3) is 0.438. The minimum absolute atomic E-state index is 0.129. The Morgan fingerprint density at radius 1 is 1.39 bits per heavy atom. The Labute approximate surface area is 133 Å². The molecule has 2 N–H and O–H groups in total. The number of nitrogens with one attached hydrogen (secondary N) is 1. The number of hydrogen-bond acceptors (Lipinski definition) is 6. The van der Waals surface area contributed by atoms with Gasteiger partial charge in [0.2, 0.25) is 5.91 Å². The first-order valence-corrected chi connectivity index (χ1v) is 7.44. The van der Waals surface area contributed by atoms with Crippen molar-refractivity contribution in [1.82, 2.24) is 15.6 Å². The van der Waals surface area contributed by atoms with Crippen LogP contribution in [0.2, 0.25) is 0 Å². The molecule has 2 aromatic rings. The standard InChI is InChI=1S/C16H19N3O4/c1-10-14(19-23-18-10)9-17-15(21)16(7-12(20)8-16)11-3-5-13(22-2)6-4-11/h3-6,12,20H,7-9H2,1-2H3,(H,17,21). The summed E-state index contributed by atoms with van der Waals surface area (Å²) in [5, 5.41) is 20.1. The van der Waals surface area contributed by atoms with E-state index in [9.17, 15) is 9.90 Å². The number of rotatable bonds is 5. The van der Waals surface area contributed by atoms with E-state index < -0.39 is 11.5 Å². The third-order valence-electron chi connectivity index (χ3n) is 4.41. The van der Waals surface area contributed by atoms with Gasteiger partial charge in [0.05, 0.1) is 25.2 Å². The van der Waals surface area contributed by atoms with Gasteiger partial charge in [0, 0.05) is 0 Å². The van der Waals surface area contributed by atoms with Crippen LogP contribution in [0.1, 0.15) is 29.8 Å². The molecule has 1 heterocycles. The number of carbonyl (C=O) groups is 1. The molecule has 0 aliphatic heterocycles. The average Bonchev–Trinajstić information content (AvgIpc) is 2.94. The molecule has 1 saturated carbocycles. The number of carbonyl (C=O) groups excluding carboxylic acids is 1. The lowest BCUT2D eigenvalue weighted by molar-refractivity contribution is -0.135. The monoisotopic (exact) mass is 317 g/mol. The van der Waals surface area contributed by atoms with E-state index in [-0.39, 0.29) is 12.5 Å². The number of methoxy groups -OCH3 is 1. The number of aliphatic hydroxyl groups excluding tert-OH is 1. The molecule has 0 spiro atoms. The molecule has 1 aliphatic rings. The highest BCUT2D eigenvalue weighted by molar-refractivity contribution is 5.89. The van der Waals surface area contributed by atoms with Gasteiger partial charge in [-0.1, -0.05) is 22.4 Å². The molecule has 1 fully saturated rings. The van der Waals surface area contributed by atoms with E-state index in [1.807, 2.05) is 24.3 Å². The summed E-state index contributed by atoms with van der Waals surface area (Å²) < 4.78 is 9.77. The van der Waals surface area contributed by atoms with Crippen LogP contribution in [0, 0.1) is 6.92 Å². The Bertz CT molecular complexity index is 690. The van der Waals surface area contributed by atoms with E-state index in [1.54, 1.807) is 14.0 Å². The van der Waals surface area contributed by atoms with Crippen molar-refractivity contribution in [3.8, 4) is 5.75 Å². The van der Waals surface area contributed by atoms with Crippen LogP contribution in [-0.2, 0) is 16.8 Å². The Kier molecular flexibility index (Phi) is 4.04. The second kappa shape index (κ2) is 6.00. The third-order valence-corrected chi connectivity index (χ3v) is 4.41. The van der Waals surface area contributed by atoms with Crippen molar-refractivity contribution in [2.45, 2.75) is 37.8 Å². The zero-order valence-electron chi connectivity index (χ0n) is 13.1. The maximum atomic E-state index is 12.7. The first kappa shape index (κ1) is 15.5. The predicted octanol–water partition coefficient (Wildman–Crippen LogP) is 1.10. The zero-order valence-corrected chi connectivity index (χ0v) is 13.1. The first-order valence-electron chi connectivity index (χ1n) is 7.44. The third kappa shape index (κ3) is 2.79. The first-order chi connectivity index (χ1) is 11.0. The van der Waals surface area contributed by atoms with Gasteiger partial charge < -0.3 is 15.2 Å². The van der Waals surface area contributed by atoms with Gasteiger partial charge in [0.25, 0.3) is 0 Å². The summed E-state index contributed by atoms with van der Waals surface area (Å²) in [6, 6.07) is 7.38. The van der Waals surface area contributed by atoms with Gasteiger partial charge in [-0.2, -0.15) is 0 Å². The topological polar surface area (TPSA) is 97.5 Å². The molecule has 0 saturated heterocycles. The minimum atomic E-state index is -0.712. The Morgan fingerprint density at radius 3 is 2.61 bits per heavy atom. The van der Waals surface area contributed by atoms with E-state index in [4.69, 9.17) is 4.74 Å². The highest BCUT2D eigenvalue weighted by Gasteiger charge is 2.50. The molecule has 0 bridgehead atoms. The maximum absolute atomic E-state index is 12.7. The SMILES string of the molecule is COc1ccc(C2(C(=O)NCc3nonc3C)CC(O)C2)cc1. The summed E-state index contributed by atoms with van der Waals surface area (Å²) in [5.74, 6) is 0.601. The van der Waals surface area contributed by atoms with Crippen LogP contribution in [0.15, 0.2) is 28.9 Å². The zero-order chi connectivity index (χ0) is 16.4. The van der Waals surface area contributed by atoms with Crippen molar-refractivity contribution in [2.75, 3.05) is 7.11 Å². The average molecular weight is 317 g/mol. The Hall–Kier alpha value is -2.41. The van der Waals surface area contributed by atoms with Crippen molar-refractivity contribution in [3.05, 3.63) is 41.2 Å². The number of aryl methyl sites for hydroxylation is 1. The van der Waals surface area contributed by atoms with Gasteiger partial charge in [-0.05, 0) is 37.5 Å². The van der Waals surface area contributed by atoms with E-state index in [0.29, 0.717) is 24.2 Å². The summed E-state index contributed by atoms with van der Waals surface area (Å²) in [6.07, 6.45) is 0.348. The number of aromatic nitrogens is 2. The lowest BCUT2D eigenvalue weighted by Gasteiger charge is -2.44. The fourth-order valence-electron chi connectivity index (χ4n) is 2.95. The molecule has 0 unspecified atom stereocenters. The summed E-state index contributed by atoms with van der Waals surface area (Å²) in [5.41, 5.74) is 1.41. The van der Waals surface area contributed by atoms with Gasteiger partial charge in [0.15, 0.2) is 0 Å². The van der Waals surface area contributed by atoms with Crippen molar-refractivity contribution >= 4 is 5.91 Å². The van der Waals surface area contributed by atoms with Crippen LogP contribution in [0.4, 0.5) is 0 Å². The molecule has 1 aromatic carbocycles. The quantitative estimate of drug-likeness (QED) is 0.857. The van der Waals surface area contributed by atoms with Crippen LogP contribution in [0.5, 0.6) is 5.75 Å². The van der Waals surface area contributed by atoms with Gasteiger partial charge >= 0.3 is 0 Å². The lowest BCUT2D eigenvalue weighted by atomic mass is 9.62. The highest BCUT2D eigenvalue weighted by atomic mass is 16.6. The molecular weight excluding hydrogens is 298 g/mol. The summed E-state index contributed by atoms with van der Waals surface area (Å²) in [6.45, 7) is 2.02.